The maximum Gasteiger partial charge on any atom is 0.270 e. The minimum atomic E-state index is -0.194. The maximum absolute atomic E-state index is 13.9. The normalized spacial score (nSPS) is 26.5. The molecular formula is C37H51N5O4. The Labute approximate surface area is 274 Å². The molecular weight excluding hydrogens is 578 g/mol. The van der Waals surface area contributed by atoms with Crippen LogP contribution in [0.5, 0.6) is 5.88 Å². The van der Waals surface area contributed by atoms with Crippen molar-refractivity contribution in [3.8, 4) is 5.88 Å². The number of nitrogens with zero attached hydrogens (tertiary/aromatic N) is 4. The van der Waals surface area contributed by atoms with Crippen molar-refractivity contribution < 1.29 is 19.1 Å². The zero-order valence-corrected chi connectivity index (χ0v) is 27.3. The zero-order valence-electron chi connectivity index (χ0n) is 27.3. The lowest BCUT2D eigenvalue weighted by molar-refractivity contribution is -0.137. The average Bonchev–Trinajstić information content (AvgIpc) is 3.62. The van der Waals surface area contributed by atoms with Gasteiger partial charge >= 0.3 is 0 Å². The number of carbonyl (C=O) groups excluding carboxylic acids is 3. The maximum atomic E-state index is 13.9. The standard InChI is InChI=1S/C37H51N5O4/c43-35(41-19-4-5-20-41)24-30-15-22-42-27-32(30)16-23-46-34-12-6-11-33(39-34)37(45)38-17-13-31-26-40(21-14-29(31)25-36(42)44)18-7-10-28-8-2-1-3-9-28/h1-3,6,8-9,11-12,29-32H,4-5,7,10,13-27H2,(H,38,45)/t29-,30-,31-,32-/m0/s1. The Bertz CT molecular complexity index is 1320. The Morgan fingerprint density at radius 3 is 2.57 bits per heavy atom. The van der Waals surface area contributed by atoms with Crippen LogP contribution in [-0.4, -0.2) is 96.4 Å². The van der Waals surface area contributed by atoms with Gasteiger partial charge in [0.05, 0.1) is 6.61 Å². The van der Waals surface area contributed by atoms with Gasteiger partial charge in [-0.15, -0.1) is 0 Å². The highest BCUT2D eigenvalue weighted by molar-refractivity contribution is 5.92. The number of hydrogen-bond donors (Lipinski definition) is 1. The first-order valence-corrected chi connectivity index (χ1v) is 17.7. The molecule has 4 atom stereocenters. The Kier molecular flexibility index (Phi) is 11.2. The molecule has 9 nitrogen and oxygen atoms in total. The molecule has 6 rings (SSSR count). The van der Waals surface area contributed by atoms with E-state index in [0.717, 1.165) is 90.6 Å². The van der Waals surface area contributed by atoms with Gasteiger partial charge in [0.15, 0.2) is 0 Å². The van der Waals surface area contributed by atoms with Crippen LogP contribution in [0.15, 0.2) is 48.5 Å². The van der Waals surface area contributed by atoms with E-state index in [1.54, 1.807) is 12.1 Å². The highest BCUT2D eigenvalue weighted by Gasteiger charge is 2.36. The number of likely N-dealkylation sites (tertiary alicyclic amines) is 2. The van der Waals surface area contributed by atoms with Gasteiger partial charge in [-0.05, 0) is 99.8 Å². The second kappa shape index (κ2) is 15.9. The summed E-state index contributed by atoms with van der Waals surface area (Å²) < 4.78 is 6.05. The van der Waals surface area contributed by atoms with Gasteiger partial charge in [-0.3, -0.25) is 14.4 Å². The van der Waals surface area contributed by atoms with E-state index >= 15 is 0 Å². The quantitative estimate of drug-likeness (QED) is 0.509. The van der Waals surface area contributed by atoms with E-state index in [-0.39, 0.29) is 29.6 Å². The van der Waals surface area contributed by atoms with Gasteiger partial charge in [0.2, 0.25) is 17.7 Å². The van der Waals surface area contributed by atoms with Crippen molar-refractivity contribution in [2.75, 3.05) is 59.0 Å². The Hall–Kier alpha value is -3.46. The van der Waals surface area contributed by atoms with Crippen LogP contribution in [0.25, 0.3) is 0 Å². The highest BCUT2D eigenvalue weighted by atomic mass is 16.5. The number of nitrogens with one attached hydrogen (secondary N) is 1. The number of aromatic nitrogens is 1. The minimum absolute atomic E-state index is 0.189. The van der Waals surface area contributed by atoms with Crippen molar-refractivity contribution in [2.24, 2.45) is 23.7 Å². The topological polar surface area (TPSA) is 95.1 Å². The Morgan fingerprint density at radius 2 is 1.72 bits per heavy atom. The molecule has 5 heterocycles. The number of fused-ring (bicyclic) bond motifs is 5. The summed E-state index contributed by atoms with van der Waals surface area (Å²) in [5, 5.41) is 3.09. The summed E-state index contributed by atoms with van der Waals surface area (Å²) in [7, 11) is 0. The van der Waals surface area contributed by atoms with Crippen LogP contribution >= 0.6 is 0 Å². The molecule has 4 aliphatic rings. The molecule has 0 radical (unpaired) electrons. The monoisotopic (exact) mass is 629 g/mol. The van der Waals surface area contributed by atoms with Crippen LogP contribution in [0, 0.1) is 23.7 Å². The molecule has 0 spiro atoms. The summed E-state index contributed by atoms with van der Waals surface area (Å²) >= 11 is 0. The Balaban J connectivity index is 1.14. The van der Waals surface area contributed by atoms with Gasteiger partial charge in [0.1, 0.15) is 5.69 Å². The number of ether oxygens (including phenoxy) is 1. The molecule has 4 aliphatic heterocycles. The Morgan fingerprint density at radius 1 is 0.870 bits per heavy atom. The van der Waals surface area contributed by atoms with E-state index in [4.69, 9.17) is 4.74 Å². The summed E-state index contributed by atoms with van der Waals surface area (Å²) in [6.07, 6.45) is 8.88. The predicted octanol–water partition coefficient (Wildman–Crippen LogP) is 4.42. The molecule has 3 amide bonds. The van der Waals surface area contributed by atoms with Crippen LogP contribution in [0.2, 0.25) is 0 Å². The molecule has 0 saturated carbocycles. The van der Waals surface area contributed by atoms with Crippen LogP contribution < -0.4 is 10.1 Å². The highest BCUT2D eigenvalue weighted by Crippen LogP contribution is 2.34. The van der Waals surface area contributed by atoms with Gasteiger partial charge in [-0.2, -0.15) is 0 Å². The molecule has 1 aromatic heterocycles. The summed E-state index contributed by atoms with van der Waals surface area (Å²) in [5.41, 5.74) is 1.73. The van der Waals surface area contributed by atoms with E-state index in [0.29, 0.717) is 55.9 Å². The fourth-order valence-corrected chi connectivity index (χ4v) is 8.08. The van der Waals surface area contributed by atoms with E-state index in [2.05, 4.69) is 50.4 Å². The molecule has 1 N–H and O–H groups in total. The third-order valence-electron chi connectivity index (χ3n) is 10.8. The van der Waals surface area contributed by atoms with E-state index in [1.807, 2.05) is 11.0 Å². The minimum Gasteiger partial charge on any atom is -0.478 e. The summed E-state index contributed by atoms with van der Waals surface area (Å²) in [6.45, 7) is 7.12. The van der Waals surface area contributed by atoms with Gasteiger partial charge < -0.3 is 24.8 Å². The second-order valence-electron chi connectivity index (χ2n) is 13.9. The van der Waals surface area contributed by atoms with Crippen LogP contribution in [0.3, 0.4) is 0 Å². The molecule has 46 heavy (non-hydrogen) atoms. The lowest BCUT2D eigenvalue weighted by Gasteiger charge is -2.42. The van der Waals surface area contributed by atoms with Crippen molar-refractivity contribution in [3.63, 3.8) is 0 Å². The fourth-order valence-electron chi connectivity index (χ4n) is 8.08. The number of aryl methyl sites for hydroxylation is 1. The summed E-state index contributed by atoms with van der Waals surface area (Å²) in [4.78, 5) is 51.2. The summed E-state index contributed by atoms with van der Waals surface area (Å²) in [6, 6.07) is 16.0. The molecule has 0 aliphatic carbocycles. The molecule has 248 valence electrons. The first kappa shape index (κ1) is 32.5. The van der Waals surface area contributed by atoms with Gasteiger partial charge in [0, 0.05) is 58.2 Å². The fraction of sp³-hybridized carbons (Fsp3) is 0.622. The molecule has 1 aromatic carbocycles. The average molecular weight is 630 g/mol. The zero-order chi connectivity index (χ0) is 31.7. The SMILES string of the molecule is O=C1NCC[C@H]2CN(CCCc3ccccc3)CC[C@H]2CC(=O)N2CC[C@@H](CC(=O)N3CCCC3)[C@@H](CCOc3cccc1n3)C2. The molecule has 4 bridgehead atoms. The number of carbonyl (C=O) groups is 3. The molecule has 3 saturated heterocycles. The third-order valence-corrected chi connectivity index (χ3v) is 10.8. The van der Waals surface area contributed by atoms with Gasteiger partial charge in [0.25, 0.3) is 5.91 Å². The largest absolute Gasteiger partial charge is 0.478 e. The smallest absolute Gasteiger partial charge is 0.270 e. The van der Waals surface area contributed by atoms with Crippen LogP contribution in [-0.2, 0) is 16.0 Å². The van der Waals surface area contributed by atoms with E-state index in [1.165, 1.54) is 5.56 Å². The number of benzene rings is 1. The summed E-state index contributed by atoms with van der Waals surface area (Å²) in [5.74, 6) is 1.79. The molecule has 9 heteroatoms. The predicted molar refractivity (Wildman–Crippen MR) is 177 cm³/mol. The van der Waals surface area contributed by atoms with Crippen molar-refractivity contribution >= 4 is 17.7 Å². The van der Waals surface area contributed by atoms with E-state index < -0.39 is 0 Å². The first-order valence-electron chi connectivity index (χ1n) is 17.7. The number of piperidine rings is 2. The number of amides is 3. The second-order valence-corrected chi connectivity index (χ2v) is 13.9. The van der Waals surface area contributed by atoms with Gasteiger partial charge in [-0.1, -0.05) is 36.4 Å². The van der Waals surface area contributed by atoms with Gasteiger partial charge in [-0.25, -0.2) is 4.98 Å². The number of rotatable bonds is 6. The lowest BCUT2D eigenvalue weighted by Crippen LogP contribution is -2.48. The molecule has 3 fully saturated rings. The lowest BCUT2D eigenvalue weighted by atomic mass is 9.79. The van der Waals surface area contributed by atoms with Crippen molar-refractivity contribution in [1.82, 2.24) is 25.0 Å². The van der Waals surface area contributed by atoms with Crippen LogP contribution in [0.4, 0.5) is 0 Å². The molecule has 0 unspecified atom stereocenters. The molecule has 2 aromatic rings. The van der Waals surface area contributed by atoms with Crippen molar-refractivity contribution in [3.05, 3.63) is 59.8 Å². The third kappa shape index (κ3) is 8.66. The number of pyridine rings is 1. The van der Waals surface area contributed by atoms with Crippen molar-refractivity contribution in [1.29, 1.82) is 0 Å². The van der Waals surface area contributed by atoms with E-state index in [9.17, 15) is 14.4 Å². The van der Waals surface area contributed by atoms with Crippen LogP contribution in [0.1, 0.15) is 73.8 Å². The number of hydrogen-bond acceptors (Lipinski definition) is 6. The van der Waals surface area contributed by atoms with Crippen molar-refractivity contribution in [2.45, 2.75) is 64.2 Å². The first-order chi connectivity index (χ1) is 22.5.